The van der Waals surface area contributed by atoms with Gasteiger partial charge in [-0.2, -0.15) is 0 Å². The molecule has 0 radical (unpaired) electrons. The fourth-order valence-electron chi connectivity index (χ4n) is 2.37. The maximum Gasteiger partial charge on any atom is 0.114 e. The predicted octanol–water partition coefficient (Wildman–Crippen LogP) is 3.81. The molecule has 0 unspecified atom stereocenters. The monoisotopic (exact) mass is 248 g/mol. The average molecular weight is 248 g/mol. The average Bonchev–Trinajstić information content (AvgIpc) is 2.79. The van der Waals surface area contributed by atoms with E-state index in [2.05, 4.69) is 53.6 Å². The largest absolute Gasteiger partial charge is 0.324 e. The van der Waals surface area contributed by atoms with Gasteiger partial charge in [-0.3, -0.25) is 0 Å². The van der Waals surface area contributed by atoms with Crippen molar-refractivity contribution in [1.29, 1.82) is 0 Å². The molecule has 0 bridgehead atoms. The molecule has 0 N–H and O–H groups in total. The molecule has 3 rings (SSSR count). The molecule has 2 nitrogen and oxygen atoms in total. The van der Waals surface area contributed by atoms with Crippen LogP contribution in [-0.4, -0.2) is 9.55 Å². The summed E-state index contributed by atoms with van der Waals surface area (Å²) in [5.74, 6) is 1.09. The second-order valence-corrected chi connectivity index (χ2v) is 4.58. The number of aromatic nitrogens is 2. The highest BCUT2D eigenvalue weighted by molar-refractivity contribution is 5.76. The summed E-state index contributed by atoms with van der Waals surface area (Å²) in [6.45, 7) is 4.64. The minimum atomic E-state index is 0.794. The molecule has 0 saturated carbocycles. The second kappa shape index (κ2) is 5.11. The summed E-state index contributed by atoms with van der Waals surface area (Å²) in [6.07, 6.45) is 2.77. The standard InChI is InChI=1S/C17H16N2/c1-2-12-19-16-11-7-6-10-15(16)18-17(19)13-14-8-4-3-5-9-14/h2-11H,1,12-13H2. The molecular formula is C17H16N2. The Morgan fingerprint density at radius 1 is 1.00 bits per heavy atom. The molecule has 0 spiro atoms. The van der Waals surface area contributed by atoms with Crippen molar-refractivity contribution in [3.63, 3.8) is 0 Å². The van der Waals surface area contributed by atoms with Crippen LogP contribution in [0.1, 0.15) is 11.4 Å². The molecule has 0 fully saturated rings. The van der Waals surface area contributed by atoms with E-state index in [1.807, 2.05) is 18.2 Å². The Morgan fingerprint density at radius 3 is 2.53 bits per heavy atom. The Balaban J connectivity index is 2.07. The minimum Gasteiger partial charge on any atom is -0.324 e. The van der Waals surface area contributed by atoms with Gasteiger partial charge in [-0.1, -0.05) is 48.5 Å². The molecule has 0 atom stereocenters. The maximum atomic E-state index is 4.74. The van der Waals surface area contributed by atoms with Gasteiger partial charge in [-0.15, -0.1) is 6.58 Å². The van der Waals surface area contributed by atoms with Crippen molar-refractivity contribution in [1.82, 2.24) is 9.55 Å². The molecular weight excluding hydrogens is 232 g/mol. The van der Waals surface area contributed by atoms with E-state index in [-0.39, 0.29) is 0 Å². The smallest absolute Gasteiger partial charge is 0.114 e. The zero-order valence-electron chi connectivity index (χ0n) is 10.8. The van der Waals surface area contributed by atoms with Crippen molar-refractivity contribution in [2.75, 3.05) is 0 Å². The summed E-state index contributed by atoms with van der Waals surface area (Å²) >= 11 is 0. The van der Waals surface area contributed by atoms with Crippen LogP contribution >= 0.6 is 0 Å². The minimum absolute atomic E-state index is 0.794. The van der Waals surface area contributed by atoms with Gasteiger partial charge < -0.3 is 4.57 Å². The lowest BCUT2D eigenvalue weighted by atomic mass is 10.1. The van der Waals surface area contributed by atoms with Crippen molar-refractivity contribution >= 4 is 11.0 Å². The summed E-state index contributed by atoms with van der Waals surface area (Å²) in [7, 11) is 0. The third-order valence-electron chi connectivity index (χ3n) is 3.25. The summed E-state index contributed by atoms with van der Waals surface area (Å²) in [6, 6.07) is 18.7. The second-order valence-electron chi connectivity index (χ2n) is 4.58. The van der Waals surface area contributed by atoms with E-state index in [4.69, 9.17) is 4.98 Å². The Labute approximate surface area is 113 Å². The van der Waals surface area contributed by atoms with Crippen LogP contribution in [0.25, 0.3) is 11.0 Å². The first-order chi connectivity index (χ1) is 9.38. The number of rotatable bonds is 4. The number of fused-ring (bicyclic) bond motifs is 1. The first-order valence-corrected chi connectivity index (χ1v) is 6.47. The van der Waals surface area contributed by atoms with Crippen LogP contribution in [0.3, 0.4) is 0 Å². The Morgan fingerprint density at radius 2 is 1.74 bits per heavy atom. The molecule has 94 valence electrons. The number of benzene rings is 2. The van der Waals surface area contributed by atoms with E-state index in [9.17, 15) is 0 Å². The first-order valence-electron chi connectivity index (χ1n) is 6.47. The summed E-state index contributed by atoms with van der Waals surface area (Å²) < 4.78 is 2.23. The van der Waals surface area contributed by atoms with Crippen LogP contribution in [0.15, 0.2) is 67.3 Å². The van der Waals surface area contributed by atoms with Crippen LogP contribution in [0.2, 0.25) is 0 Å². The van der Waals surface area contributed by atoms with Crippen LogP contribution in [0, 0.1) is 0 Å². The molecule has 3 aromatic rings. The lowest BCUT2D eigenvalue weighted by molar-refractivity contribution is 0.780. The molecule has 2 aromatic carbocycles. The third-order valence-corrected chi connectivity index (χ3v) is 3.25. The highest BCUT2D eigenvalue weighted by atomic mass is 15.1. The fourth-order valence-corrected chi connectivity index (χ4v) is 2.37. The van der Waals surface area contributed by atoms with E-state index in [1.165, 1.54) is 11.1 Å². The van der Waals surface area contributed by atoms with Gasteiger partial charge >= 0.3 is 0 Å². The maximum absolute atomic E-state index is 4.74. The summed E-state index contributed by atoms with van der Waals surface area (Å²) in [4.78, 5) is 4.74. The Hall–Kier alpha value is -2.35. The highest BCUT2D eigenvalue weighted by Gasteiger charge is 2.09. The molecule has 0 aliphatic rings. The van der Waals surface area contributed by atoms with Crippen molar-refractivity contribution in [2.24, 2.45) is 0 Å². The number of allylic oxidation sites excluding steroid dienone is 1. The summed E-state index contributed by atoms with van der Waals surface area (Å²) in [5.41, 5.74) is 3.51. The van der Waals surface area contributed by atoms with Gasteiger partial charge in [-0.05, 0) is 17.7 Å². The van der Waals surface area contributed by atoms with Crippen molar-refractivity contribution in [3.8, 4) is 0 Å². The van der Waals surface area contributed by atoms with Gasteiger partial charge in [0.15, 0.2) is 0 Å². The molecule has 1 aromatic heterocycles. The lowest BCUT2D eigenvalue weighted by Crippen LogP contribution is -2.03. The normalized spacial score (nSPS) is 10.7. The zero-order chi connectivity index (χ0) is 13.1. The molecule has 1 heterocycles. The topological polar surface area (TPSA) is 17.8 Å². The highest BCUT2D eigenvalue weighted by Crippen LogP contribution is 2.18. The number of nitrogens with zero attached hydrogens (tertiary/aromatic N) is 2. The van der Waals surface area contributed by atoms with Gasteiger partial charge in [0.2, 0.25) is 0 Å². The van der Waals surface area contributed by atoms with Crippen LogP contribution in [0.5, 0.6) is 0 Å². The van der Waals surface area contributed by atoms with Gasteiger partial charge in [0.05, 0.1) is 11.0 Å². The van der Waals surface area contributed by atoms with Crippen LogP contribution in [0.4, 0.5) is 0 Å². The zero-order valence-corrected chi connectivity index (χ0v) is 10.8. The van der Waals surface area contributed by atoms with Crippen molar-refractivity contribution < 1.29 is 0 Å². The fraction of sp³-hybridized carbons (Fsp3) is 0.118. The molecule has 0 amide bonds. The van der Waals surface area contributed by atoms with E-state index in [1.54, 1.807) is 0 Å². The van der Waals surface area contributed by atoms with Crippen LogP contribution in [-0.2, 0) is 13.0 Å². The van der Waals surface area contributed by atoms with E-state index in [0.717, 1.165) is 24.3 Å². The number of hydrogen-bond acceptors (Lipinski definition) is 1. The number of para-hydroxylation sites is 2. The van der Waals surface area contributed by atoms with Gasteiger partial charge in [0, 0.05) is 13.0 Å². The van der Waals surface area contributed by atoms with Gasteiger partial charge in [0.1, 0.15) is 5.82 Å². The van der Waals surface area contributed by atoms with Crippen molar-refractivity contribution in [3.05, 3.63) is 78.6 Å². The quantitative estimate of drug-likeness (QED) is 0.642. The van der Waals surface area contributed by atoms with Crippen LogP contribution < -0.4 is 0 Å². The first kappa shape index (κ1) is 11.7. The number of imidazole rings is 1. The van der Waals surface area contributed by atoms with Crippen molar-refractivity contribution in [2.45, 2.75) is 13.0 Å². The Kier molecular flexibility index (Phi) is 3.15. The van der Waals surface area contributed by atoms with E-state index in [0.29, 0.717) is 0 Å². The third kappa shape index (κ3) is 2.29. The molecule has 2 heteroatoms. The Bertz CT molecular complexity index is 696. The van der Waals surface area contributed by atoms with E-state index < -0.39 is 0 Å². The molecule has 0 aliphatic heterocycles. The summed E-state index contributed by atoms with van der Waals surface area (Å²) in [5, 5.41) is 0. The van der Waals surface area contributed by atoms with Gasteiger partial charge in [-0.25, -0.2) is 4.98 Å². The number of hydrogen-bond donors (Lipinski definition) is 0. The SMILES string of the molecule is C=CCn1c(Cc2ccccc2)nc2ccccc21. The molecule has 0 saturated heterocycles. The predicted molar refractivity (Wildman–Crippen MR) is 79.2 cm³/mol. The van der Waals surface area contributed by atoms with Gasteiger partial charge in [0.25, 0.3) is 0 Å². The molecule has 0 aliphatic carbocycles. The lowest BCUT2D eigenvalue weighted by Gasteiger charge is -2.06. The molecule has 19 heavy (non-hydrogen) atoms. The van der Waals surface area contributed by atoms with E-state index >= 15 is 0 Å².